The second kappa shape index (κ2) is 7.52. The van der Waals surface area contributed by atoms with Gasteiger partial charge in [-0.2, -0.15) is 5.10 Å². The number of rotatable bonds is 5. The summed E-state index contributed by atoms with van der Waals surface area (Å²) in [5, 5.41) is 12.8. The largest absolute Gasteiger partial charge is 0.497 e. The monoisotopic (exact) mass is 373 g/mol. The first kappa shape index (κ1) is 17.7. The molecule has 0 saturated carbocycles. The maximum atomic E-state index is 12.4. The minimum atomic E-state index is -0.257. The maximum Gasteiger partial charge on any atom is 0.272 e. The lowest BCUT2D eigenvalue weighted by molar-refractivity contribution is -0.120. The number of hydrogen-bond acceptors (Lipinski definition) is 4. The fourth-order valence-electron chi connectivity index (χ4n) is 3.23. The van der Waals surface area contributed by atoms with Gasteiger partial charge >= 0.3 is 0 Å². The Labute approximate surface area is 161 Å². The van der Waals surface area contributed by atoms with Crippen molar-refractivity contribution in [2.45, 2.75) is 13.0 Å². The van der Waals surface area contributed by atoms with Gasteiger partial charge in [-0.05, 0) is 40.6 Å². The Kier molecular flexibility index (Phi) is 4.76. The lowest BCUT2D eigenvalue weighted by atomic mass is 10.1. The van der Waals surface area contributed by atoms with E-state index in [1.807, 2.05) is 42.5 Å². The molecule has 4 aromatic rings. The minimum Gasteiger partial charge on any atom is -0.497 e. The summed E-state index contributed by atoms with van der Waals surface area (Å²) in [5.41, 5.74) is 1.30. The topological polar surface area (TPSA) is 84.1 Å². The average Bonchev–Trinajstić information content (AvgIpc) is 2.74. The molecule has 0 bridgehead atoms. The Morgan fingerprint density at radius 1 is 1.04 bits per heavy atom. The van der Waals surface area contributed by atoms with Gasteiger partial charge in [0.25, 0.3) is 5.56 Å². The van der Waals surface area contributed by atoms with Crippen molar-refractivity contribution in [1.82, 2.24) is 15.5 Å². The molecule has 1 aromatic heterocycles. The third-order valence-electron chi connectivity index (χ3n) is 4.70. The number of benzene rings is 3. The maximum absolute atomic E-state index is 12.4. The summed E-state index contributed by atoms with van der Waals surface area (Å²) in [6.07, 6.45) is 0.0993. The predicted molar refractivity (Wildman–Crippen MR) is 108 cm³/mol. The summed E-state index contributed by atoms with van der Waals surface area (Å²) in [7, 11) is 1.64. The third kappa shape index (κ3) is 3.57. The number of hydrogen-bond donors (Lipinski definition) is 2. The molecule has 6 nitrogen and oxygen atoms in total. The Bertz CT molecular complexity index is 1230. The average molecular weight is 373 g/mol. The third-order valence-corrected chi connectivity index (χ3v) is 4.70. The fourth-order valence-corrected chi connectivity index (χ4v) is 3.23. The number of carbonyl (C=O) groups excluding carboxylic acids is 1. The van der Waals surface area contributed by atoms with Gasteiger partial charge in [0, 0.05) is 11.9 Å². The first-order valence-corrected chi connectivity index (χ1v) is 8.94. The Balaban J connectivity index is 1.47. The van der Waals surface area contributed by atoms with E-state index < -0.39 is 0 Å². The van der Waals surface area contributed by atoms with Crippen LogP contribution in [0.2, 0.25) is 0 Å². The Morgan fingerprint density at radius 2 is 1.79 bits per heavy atom. The number of nitrogens with one attached hydrogen (secondary N) is 2. The zero-order chi connectivity index (χ0) is 19.5. The minimum absolute atomic E-state index is 0.0993. The highest BCUT2D eigenvalue weighted by Gasteiger charge is 2.10. The molecule has 0 fully saturated rings. The summed E-state index contributed by atoms with van der Waals surface area (Å²) < 4.78 is 5.24. The Hall–Kier alpha value is -3.67. The number of carbonyl (C=O) groups is 1. The van der Waals surface area contributed by atoms with Gasteiger partial charge in [-0.3, -0.25) is 9.59 Å². The number of H-pyrrole nitrogens is 1. The van der Waals surface area contributed by atoms with Crippen LogP contribution in [0.25, 0.3) is 21.5 Å². The van der Waals surface area contributed by atoms with Gasteiger partial charge in [-0.1, -0.05) is 36.4 Å². The van der Waals surface area contributed by atoms with E-state index in [0.29, 0.717) is 23.0 Å². The molecular formula is C22H19N3O3. The lowest BCUT2D eigenvalue weighted by Crippen LogP contribution is -2.25. The van der Waals surface area contributed by atoms with Crippen molar-refractivity contribution in [2.75, 3.05) is 7.11 Å². The molecule has 0 aliphatic carbocycles. The van der Waals surface area contributed by atoms with Gasteiger partial charge in [0.1, 0.15) is 5.75 Å². The van der Waals surface area contributed by atoms with Crippen molar-refractivity contribution in [2.24, 2.45) is 0 Å². The molecular weight excluding hydrogens is 354 g/mol. The fraction of sp³-hybridized carbons (Fsp3) is 0.136. The molecule has 0 aliphatic heterocycles. The zero-order valence-electron chi connectivity index (χ0n) is 15.4. The van der Waals surface area contributed by atoms with Crippen LogP contribution >= 0.6 is 0 Å². The molecule has 140 valence electrons. The molecule has 0 aliphatic rings. The van der Waals surface area contributed by atoms with Crippen molar-refractivity contribution >= 4 is 27.5 Å². The molecule has 3 aromatic carbocycles. The van der Waals surface area contributed by atoms with Crippen molar-refractivity contribution < 1.29 is 9.53 Å². The van der Waals surface area contributed by atoms with E-state index in [2.05, 4.69) is 15.5 Å². The standard InChI is InChI=1S/C22H19N3O3/c1-28-17-9-8-15-10-14(6-7-16(15)11-17)13-23-21(26)12-20-18-4-2-3-5-19(18)22(27)25-24-20/h2-11H,12-13H2,1H3,(H,23,26)(H,25,27). The van der Waals surface area contributed by atoms with E-state index in [-0.39, 0.29) is 17.9 Å². The second-order valence-corrected chi connectivity index (χ2v) is 6.55. The predicted octanol–water partition coefficient (Wildman–Crippen LogP) is 2.94. The first-order valence-electron chi connectivity index (χ1n) is 8.94. The molecule has 0 radical (unpaired) electrons. The first-order chi connectivity index (χ1) is 13.6. The summed E-state index contributed by atoms with van der Waals surface area (Å²) in [6, 6.07) is 19.1. The van der Waals surface area contributed by atoms with Crippen LogP contribution < -0.4 is 15.6 Å². The van der Waals surface area contributed by atoms with Crippen molar-refractivity contribution in [3.8, 4) is 5.75 Å². The number of nitrogens with zero attached hydrogens (tertiary/aromatic N) is 1. The van der Waals surface area contributed by atoms with Crippen LogP contribution in [0.15, 0.2) is 65.5 Å². The highest BCUT2D eigenvalue weighted by atomic mass is 16.5. The number of ether oxygens (including phenoxy) is 1. The van der Waals surface area contributed by atoms with Crippen LogP contribution in [0.3, 0.4) is 0 Å². The zero-order valence-corrected chi connectivity index (χ0v) is 15.4. The highest BCUT2D eigenvalue weighted by Crippen LogP contribution is 2.22. The number of aromatic amines is 1. The number of amides is 1. The summed E-state index contributed by atoms with van der Waals surface area (Å²) >= 11 is 0. The van der Waals surface area contributed by atoms with Gasteiger partial charge in [-0.15, -0.1) is 0 Å². The summed E-state index contributed by atoms with van der Waals surface area (Å²) in [6.45, 7) is 0.419. The number of fused-ring (bicyclic) bond motifs is 2. The van der Waals surface area contributed by atoms with Crippen LogP contribution in [0.1, 0.15) is 11.3 Å². The smallest absolute Gasteiger partial charge is 0.272 e. The van der Waals surface area contributed by atoms with Crippen LogP contribution in [-0.4, -0.2) is 23.2 Å². The molecule has 1 amide bonds. The summed E-state index contributed by atoms with van der Waals surface area (Å²) in [5.74, 6) is 0.661. The van der Waals surface area contributed by atoms with Crippen LogP contribution in [0.4, 0.5) is 0 Å². The molecule has 28 heavy (non-hydrogen) atoms. The van der Waals surface area contributed by atoms with Gasteiger partial charge in [0.15, 0.2) is 0 Å². The van der Waals surface area contributed by atoms with E-state index >= 15 is 0 Å². The number of aromatic nitrogens is 2. The van der Waals surface area contributed by atoms with Crippen molar-refractivity contribution in [3.05, 3.63) is 82.3 Å². The molecule has 0 atom stereocenters. The SMILES string of the molecule is COc1ccc2cc(CNC(=O)Cc3n[nH]c(=O)c4ccccc34)ccc2c1. The van der Waals surface area contributed by atoms with E-state index in [4.69, 9.17) is 4.74 Å². The van der Waals surface area contributed by atoms with Crippen LogP contribution in [0.5, 0.6) is 5.75 Å². The molecule has 1 heterocycles. The van der Waals surface area contributed by atoms with Crippen molar-refractivity contribution in [3.63, 3.8) is 0 Å². The molecule has 6 heteroatoms. The Morgan fingerprint density at radius 3 is 2.61 bits per heavy atom. The van der Waals surface area contributed by atoms with Gasteiger partial charge < -0.3 is 10.1 Å². The van der Waals surface area contributed by atoms with E-state index in [1.165, 1.54) is 0 Å². The molecule has 0 unspecified atom stereocenters. The molecule has 2 N–H and O–H groups in total. The van der Waals surface area contributed by atoms with E-state index in [0.717, 1.165) is 22.1 Å². The normalized spacial score (nSPS) is 10.9. The van der Waals surface area contributed by atoms with Crippen LogP contribution in [0, 0.1) is 0 Å². The van der Waals surface area contributed by atoms with Gasteiger partial charge in [-0.25, -0.2) is 5.10 Å². The molecule has 4 rings (SSSR count). The highest BCUT2D eigenvalue weighted by molar-refractivity contribution is 5.88. The van der Waals surface area contributed by atoms with E-state index in [1.54, 1.807) is 25.3 Å². The second-order valence-electron chi connectivity index (χ2n) is 6.55. The van der Waals surface area contributed by atoms with Gasteiger partial charge in [0.2, 0.25) is 5.91 Å². The van der Waals surface area contributed by atoms with Crippen molar-refractivity contribution in [1.29, 1.82) is 0 Å². The summed E-state index contributed by atoms with van der Waals surface area (Å²) in [4.78, 5) is 24.3. The molecule has 0 spiro atoms. The van der Waals surface area contributed by atoms with E-state index in [9.17, 15) is 9.59 Å². The lowest BCUT2D eigenvalue weighted by Gasteiger charge is -2.08. The quantitative estimate of drug-likeness (QED) is 0.563. The number of methoxy groups -OCH3 is 1. The van der Waals surface area contributed by atoms with Crippen LogP contribution in [-0.2, 0) is 17.8 Å². The molecule has 0 saturated heterocycles. The van der Waals surface area contributed by atoms with Gasteiger partial charge in [0.05, 0.1) is 24.6 Å².